The molecule has 1 aromatic heterocycles. The largest absolute Gasteiger partial charge is 0.388 e. The first-order chi connectivity index (χ1) is 10.6. The number of hydrogen-bond donors (Lipinski definition) is 2. The number of Topliss-reactive ketones (excluding diaryl/α,β-unsaturated/α-hetero) is 1. The summed E-state index contributed by atoms with van der Waals surface area (Å²) in [6.07, 6.45) is 0. The first-order valence-electron chi connectivity index (χ1n) is 7.45. The van der Waals surface area contributed by atoms with Crippen molar-refractivity contribution < 1.29 is 9.90 Å². The van der Waals surface area contributed by atoms with Crippen molar-refractivity contribution in [1.29, 1.82) is 0 Å². The van der Waals surface area contributed by atoms with Gasteiger partial charge in [0, 0.05) is 22.2 Å². The minimum Gasteiger partial charge on any atom is -0.388 e. The first kappa shape index (κ1) is 14.5. The van der Waals surface area contributed by atoms with Gasteiger partial charge in [-0.3, -0.25) is 4.79 Å². The molecule has 0 aliphatic rings. The number of nitrogens with one attached hydrogen (secondary N) is 1. The van der Waals surface area contributed by atoms with Crippen LogP contribution < -0.4 is 0 Å². The highest BCUT2D eigenvalue weighted by Gasteiger charge is 2.08. The predicted molar refractivity (Wildman–Crippen MR) is 89.2 cm³/mol. The zero-order valence-corrected chi connectivity index (χ0v) is 12.8. The zero-order valence-electron chi connectivity index (χ0n) is 12.8. The fraction of sp³-hybridized carbons (Fsp3) is 0.211. The molecule has 0 aliphatic heterocycles. The molecule has 0 saturated carbocycles. The number of benzene rings is 2. The SMILES string of the molecule is CC(C)c1ccc(-c2cc3ccc(C(=O)CO)cc3[nH]2)cc1. The van der Waals surface area contributed by atoms with Gasteiger partial charge in [-0.2, -0.15) is 0 Å². The summed E-state index contributed by atoms with van der Waals surface area (Å²) in [5.41, 5.74) is 4.89. The third-order valence-corrected chi connectivity index (χ3v) is 3.98. The van der Waals surface area contributed by atoms with Crippen LogP contribution in [0.4, 0.5) is 0 Å². The minimum atomic E-state index is -0.463. The number of rotatable bonds is 4. The van der Waals surface area contributed by atoms with Crippen LogP contribution in [0.3, 0.4) is 0 Å². The molecular weight excluding hydrogens is 274 g/mol. The number of carbonyl (C=O) groups excluding carboxylic acids is 1. The Kier molecular flexibility index (Phi) is 3.82. The third kappa shape index (κ3) is 2.68. The Balaban J connectivity index is 1.99. The lowest BCUT2D eigenvalue weighted by Gasteiger charge is -2.05. The number of hydrogen-bond acceptors (Lipinski definition) is 2. The summed E-state index contributed by atoms with van der Waals surface area (Å²) in [5, 5.41) is 10.0. The topological polar surface area (TPSA) is 53.1 Å². The van der Waals surface area contributed by atoms with Crippen molar-refractivity contribution in [2.75, 3.05) is 6.61 Å². The zero-order chi connectivity index (χ0) is 15.7. The number of aliphatic hydroxyl groups is 1. The van der Waals surface area contributed by atoms with Gasteiger partial charge in [0.15, 0.2) is 5.78 Å². The van der Waals surface area contributed by atoms with E-state index < -0.39 is 6.61 Å². The smallest absolute Gasteiger partial charge is 0.188 e. The number of aliphatic hydroxyl groups excluding tert-OH is 1. The van der Waals surface area contributed by atoms with Crippen LogP contribution in [0.5, 0.6) is 0 Å². The molecule has 0 saturated heterocycles. The minimum absolute atomic E-state index is 0.265. The lowest BCUT2D eigenvalue weighted by atomic mass is 10.0. The number of fused-ring (bicyclic) bond motifs is 1. The van der Waals surface area contributed by atoms with Crippen molar-refractivity contribution >= 4 is 16.7 Å². The fourth-order valence-corrected chi connectivity index (χ4v) is 2.59. The van der Waals surface area contributed by atoms with E-state index in [-0.39, 0.29) is 5.78 Å². The summed E-state index contributed by atoms with van der Waals surface area (Å²) in [7, 11) is 0. The van der Waals surface area contributed by atoms with Crippen molar-refractivity contribution in [3.8, 4) is 11.3 Å². The van der Waals surface area contributed by atoms with E-state index >= 15 is 0 Å². The highest BCUT2D eigenvalue weighted by molar-refractivity contribution is 6.00. The Labute approximate surface area is 129 Å². The number of aromatic nitrogens is 1. The van der Waals surface area contributed by atoms with Crippen LogP contribution in [-0.2, 0) is 0 Å². The van der Waals surface area contributed by atoms with Crippen LogP contribution in [0.1, 0.15) is 35.7 Å². The lowest BCUT2D eigenvalue weighted by Crippen LogP contribution is -2.03. The van der Waals surface area contributed by atoms with Crippen molar-refractivity contribution in [3.05, 3.63) is 59.7 Å². The molecular formula is C19H19NO2. The van der Waals surface area contributed by atoms with Crippen molar-refractivity contribution in [2.24, 2.45) is 0 Å². The summed E-state index contributed by atoms with van der Waals surface area (Å²) in [6.45, 7) is 3.89. The Hall–Kier alpha value is -2.39. The van der Waals surface area contributed by atoms with E-state index in [0.717, 1.165) is 22.2 Å². The molecule has 0 radical (unpaired) electrons. The van der Waals surface area contributed by atoms with Gasteiger partial charge in [0.25, 0.3) is 0 Å². The van der Waals surface area contributed by atoms with Crippen LogP contribution in [0.25, 0.3) is 22.2 Å². The molecule has 0 atom stereocenters. The maximum absolute atomic E-state index is 11.6. The molecule has 0 bridgehead atoms. The Morgan fingerprint density at radius 3 is 2.45 bits per heavy atom. The van der Waals surface area contributed by atoms with E-state index in [0.29, 0.717) is 11.5 Å². The number of carbonyl (C=O) groups is 1. The van der Waals surface area contributed by atoms with Gasteiger partial charge in [0.05, 0.1) is 0 Å². The average molecular weight is 293 g/mol. The Morgan fingerprint density at radius 2 is 1.82 bits per heavy atom. The number of aromatic amines is 1. The highest BCUT2D eigenvalue weighted by Crippen LogP contribution is 2.26. The van der Waals surface area contributed by atoms with Crippen molar-refractivity contribution in [2.45, 2.75) is 19.8 Å². The van der Waals surface area contributed by atoms with Gasteiger partial charge in [0.1, 0.15) is 6.61 Å². The lowest BCUT2D eigenvalue weighted by molar-refractivity contribution is 0.0904. The normalized spacial score (nSPS) is 11.3. The Morgan fingerprint density at radius 1 is 1.09 bits per heavy atom. The monoisotopic (exact) mass is 293 g/mol. The molecule has 3 nitrogen and oxygen atoms in total. The number of ketones is 1. The molecule has 0 amide bonds. The maximum Gasteiger partial charge on any atom is 0.188 e. The van der Waals surface area contributed by atoms with Crippen LogP contribution >= 0.6 is 0 Å². The molecule has 3 aromatic rings. The molecule has 2 N–H and O–H groups in total. The average Bonchev–Trinajstić information content (AvgIpc) is 2.97. The van der Waals surface area contributed by atoms with E-state index in [4.69, 9.17) is 5.11 Å². The molecule has 3 heteroatoms. The summed E-state index contributed by atoms with van der Waals surface area (Å²) in [5.74, 6) is 0.253. The van der Waals surface area contributed by atoms with Crippen molar-refractivity contribution in [3.63, 3.8) is 0 Å². The van der Waals surface area contributed by atoms with E-state index in [1.165, 1.54) is 5.56 Å². The second-order valence-electron chi connectivity index (χ2n) is 5.84. The third-order valence-electron chi connectivity index (χ3n) is 3.98. The standard InChI is InChI=1S/C19H19NO2/c1-12(2)13-3-5-14(6-4-13)17-9-15-7-8-16(19(22)11-21)10-18(15)20-17/h3-10,12,20-21H,11H2,1-2H3. The van der Waals surface area contributed by atoms with Gasteiger partial charge >= 0.3 is 0 Å². The van der Waals surface area contributed by atoms with Crippen LogP contribution in [0.15, 0.2) is 48.5 Å². The molecule has 0 fully saturated rings. The molecule has 2 aromatic carbocycles. The Bertz CT molecular complexity index is 813. The number of H-pyrrole nitrogens is 1. The summed E-state index contributed by atoms with van der Waals surface area (Å²) < 4.78 is 0. The maximum atomic E-state index is 11.6. The molecule has 0 spiro atoms. The van der Waals surface area contributed by atoms with Crippen LogP contribution in [-0.4, -0.2) is 22.5 Å². The fourth-order valence-electron chi connectivity index (χ4n) is 2.59. The van der Waals surface area contributed by atoms with Gasteiger partial charge < -0.3 is 10.1 Å². The van der Waals surface area contributed by atoms with Gasteiger partial charge in [-0.05, 0) is 29.2 Å². The van der Waals surface area contributed by atoms with Crippen molar-refractivity contribution in [1.82, 2.24) is 4.98 Å². The van der Waals surface area contributed by atoms with E-state index in [1.54, 1.807) is 12.1 Å². The molecule has 0 unspecified atom stereocenters. The highest BCUT2D eigenvalue weighted by atomic mass is 16.3. The van der Waals surface area contributed by atoms with Crippen LogP contribution in [0, 0.1) is 0 Å². The second kappa shape index (κ2) is 5.78. The van der Waals surface area contributed by atoms with E-state index in [1.807, 2.05) is 6.07 Å². The second-order valence-corrected chi connectivity index (χ2v) is 5.84. The summed E-state index contributed by atoms with van der Waals surface area (Å²) in [4.78, 5) is 14.9. The molecule has 0 aliphatic carbocycles. The van der Waals surface area contributed by atoms with Gasteiger partial charge in [-0.1, -0.05) is 50.2 Å². The quantitative estimate of drug-likeness (QED) is 0.710. The first-order valence-corrected chi connectivity index (χ1v) is 7.45. The van der Waals surface area contributed by atoms with Gasteiger partial charge in [-0.15, -0.1) is 0 Å². The summed E-state index contributed by atoms with van der Waals surface area (Å²) in [6, 6.07) is 16.0. The molecule has 22 heavy (non-hydrogen) atoms. The summed E-state index contributed by atoms with van der Waals surface area (Å²) >= 11 is 0. The molecule has 112 valence electrons. The predicted octanol–water partition coefficient (Wildman–Crippen LogP) is 4.13. The van der Waals surface area contributed by atoms with E-state index in [9.17, 15) is 4.79 Å². The van der Waals surface area contributed by atoms with Gasteiger partial charge in [-0.25, -0.2) is 0 Å². The van der Waals surface area contributed by atoms with Gasteiger partial charge in [0.2, 0.25) is 0 Å². The molecule has 3 rings (SSSR count). The molecule has 1 heterocycles. The van der Waals surface area contributed by atoms with Crippen LogP contribution in [0.2, 0.25) is 0 Å². The van der Waals surface area contributed by atoms with E-state index in [2.05, 4.69) is 49.2 Å².